The van der Waals surface area contributed by atoms with Crippen LogP contribution in [0.15, 0.2) is 18.3 Å². The highest BCUT2D eigenvalue weighted by atomic mass is 16.5. The lowest BCUT2D eigenvalue weighted by Gasteiger charge is -2.07. The van der Waals surface area contributed by atoms with Crippen LogP contribution in [-0.2, 0) is 18.4 Å². The summed E-state index contributed by atoms with van der Waals surface area (Å²) in [5, 5.41) is 7.12. The van der Waals surface area contributed by atoms with E-state index >= 15 is 0 Å². The van der Waals surface area contributed by atoms with Crippen molar-refractivity contribution in [2.24, 2.45) is 7.05 Å². The van der Waals surface area contributed by atoms with E-state index in [1.807, 2.05) is 26.2 Å². The third kappa shape index (κ3) is 2.42. The van der Waals surface area contributed by atoms with Gasteiger partial charge in [0.1, 0.15) is 11.5 Å². The topological polar surface area (TPSA) is 64.9 Å². The number of methoxy groups -OCH3 is 1. The number of anilines is 1. The molecule has 0 unspecified atom stereocenters. The molecule has 2 rings (SSSR count). The maximum Gasteiger partial charge on any atom is 0.180 e. The molecule has 0 spiro atoms. The maximum absolute atomic E-state index is 5.09. The Morgan fingerprint density at radius 2 is 2.24 bits per heavy atom. The lowest BCUT2D eigenvalue weighted by atomic mass is 10.3. The van der Waals surface area contributed by atoms with E-state index in [2.05, 4.69) is 20.4 Å². The molecule has 6 heteroatoms. The first-order chi connectivity index (χ1) is 8.24. The van der Waals surface area contributed by atoms with E-state index in [-0.39, 0.29) is 0 Å². The van der Waals surface area contributed by atoms with Gasteiger partial charge in [-0.3, -0.25) is 4.68 Å². The number of aromatic nitrogens is 4. The Labute approximate surface area is 99.7 Å². The molecule has 0 amide bonds. The number of rotatable bonds is 4. The molecule has 6 nitrogen and oxygen atoms in total. The fraction of sp³-hybridized carbons (Fsp3) is 0.364. The first-order valence-corrected chi connectivity index (χ1v) is 5.27. The minimum absolute atomic E-state index is 0.460. The Morgan fingerprint density at radius 1 is 1.41 bits per heavy atom. The minimum Gasteiger partial charge on any atom is -0.378 e. The predicted molar refractivity (Wildman–Crippen MR) is 64.5 cm³/mol. The molecule has 0 fully saturated rings. The Kier molecular flexibility index (Phi) is 3.34. The van der Waals surface area contributed by atoms with Crippen molar-refractivity contribution in [2.75, 3.05) is 19.5 Å². The zero-order valence-electron chi connectivity index (χ0n) is 10.1. The van der Waals surface area contributed by atoms with Crippen molar-refractivity contribution >= 4 is 5.82 Å². The van der Waals surface area contributed by atoms with Gasteiger partial charge in [-0.25, -0.2) is 9.97 Å². The normalized spacial score (nSPS) is 10.5. The molecule has 0 aliphatic heterocycles. The standard InChI is InChI=1S/C11H15N5O/c1-12-10-6-8(7-17-3)14-11(15-10)9-4-5-13-16(9)2/h4-6H,7H2,1-3H3,(H,12,14,15). The summed E-state index contributed by atoms with van der Waals surface area (Å²) in [6, 6.07) is 3.74. The predicted octanol–water partition coefficient (Wildman–Crippen LogP) is 1.07. The number of nitrogens with zero attached hydrogens (tertiary/aromatic N) is 4. The summed E-state index contributed by atoms with van der Waals surface area (Å²) in [6.07, 6.45) is 1.72. The highest BCUT2D eigenvalue weighted by Crippen LogP contribution is 2.17. The van der Waals surface area contributed by atoms with Crippen LogP contribution < -0.4 is 5.32 Å². The molecule has 0 aliphatic carbocycles. The van der Waals surface area contributed by atoms with Crippen LogP contribution in [0, 0.1) is 0 Å². The van der Waals surface area contributed by atoms with Crippen molar-refractivity contribution in [3.8, 4) is 11.5 Å². The minimum atomic E-state index is 0.460. The molecule has 0 aromatic carbocycles. The smallest absolute Gasteiger partial charge is 0.180 e. The second-order valence-corrected chi connectivity index (χ2v) is 3.59. The van der Waals surface area contributed by atoms with Gasteiger partial charge in [0.2, 0.25) is 0 Å². The second-order valence-electron chi connectivity index (χ2n) is 3.59. The van der Waals surface area contributed by atoms with Gasteiger partial charge in [-0.1, -0.05) is 0 Å². The monoisotopic (exact) mass is 233 g/mol. The molecule has 17 heavy (non-hydrogen) atoms. The summed E-state index contributed by atoms with van der Waals surface area (Å²) in [5.74, 6) is 1.41. The highest BCUT2D eigenvalue weighted by molar-refractivity contribution is 5.53. The summed E-state index contributed by atoms with van der Waals surface area (Å²) < 4.78 is 6.83. The first-order valence-electron chi connectivity index (χ1n) is 5.27. The van der Waals surface area contributed by atoms with E-state index in [0.29, 0.717) is 12.4 Å². The molecule has 2 heterocycles. The molecule has 1 N–H and O–H groups in total. The summed E-state index contributed by atoms with van der Waals surface area (Å²) in [7, 11) is 5.33. The summed E-state index contributed by atoms with van der Waals surface area (Å²) in [5.41, 5.74) is 1.71. The van der Waals surface area contributed by atoms with E-state index in [1.165, 1.54) is 0 Å². The van der Waals surface area contributed by atoms with Gasteiger partial charge in [-0.2, -0.15) is 5.10 Å². The molecule has 2 aromatic rings. The van der Waals surface area contributed by atoms with Gasteiger partial charge in [-0.15, -0.1) is 0 Å². The summed E-state index contributed by atoms with van der Waals surface area (Å²) in [6.45, 7) is 0.460. The van der Waals surface area contributed by atoms with Crippen LogP contribution in [0.1, 0.15) is 5.69 Å². The average Bonchev–Trinajstić information content (AvgIpc) is 2.75. The number of nitrogens with one attached hydrogen (secondary N) is 1. The quantitative estimate of drug-likeness (QED) is 0.855. The molecule has 0 aliphatic rings. The Morgan fingerprint density at radius 3 is 2.82 bits per heavy atom. The largest absolute Gasteiger partial charge is 0.378 e. The van der Waals surface area contributed by atoms with Gasteiger partial charge in [0.25, 0.3) is 0 Å². The lowest BCUT2D eigenvalue weighted by Crippen LogP contribution is -2.04. The third-order valence-corrected chi connectivity index (χ3v) is 2.38. The van der Waals surface area contributed by atoms with Gasteiger partial charge in [0, 0.05) is 33.5 Å². The first kappa shape index (κ1) is 11.5. The van der Waals surface area contributed by atoms with Crippen molar-refractivity contribution in [1.29, 1.82) is 0 Å². The second kappa shape index (κ2) is 4.92. The zero-order chi connectivity index (χ0) is 12.3. The van der Waals surface area contributed by atoms with Crippen LogP contribution in [-0.4, -0.2) is 33.9 Å². The maximum atomic E-state index is 5.09. The van der Waals surface area contributed by atoms with E-state index in [0.717, 1.165) is 17.2 Å². The molecule has 0 atom stereocenters. The Hall–Kier alpha value is -1.95. The SMILES string of the molecule is CNc1cc(COC)nc(-c2ccnn2C)n1. The van der Waals surface area contributed by atoms with E-state index in [9.17, 15) is 0 Å². The van der Waals surface area contributed by atoms with E-state index in [4.69, 9.17) is 4.74 Å². The van der Waals surface area contributed by atoms with Gasteiger partial charge in [0.15, 0.2) is 5.82 Å². The average molecular weight is 233 g/mol. The van der Waals surface area contributed by atoms with Crippen LogP contribution >= 0.6 is 0 Å². The highest BCUT2D eigenvalue weighted by Gasteiger charge is 2.09. The summed E-state index contributed by atoms with van der Waals surface area (Å²) >= 11 is 0. The van der Waals surface area contributed by atoms with Gasteiger partial charge in [0.05, 0.1) is 12.3 Å². The fourth-order valence-electron chi connectivity index (χ4n) is 1.56. The number of hydrogen-bond donors (Lipinski definition) is 1. The molecule has 0 saturated carbocycles. The molecule has 0 bridgehead atoms. The third-order valence-electron chi connectivity index (χ3n) is 2.38. The molecule has 0 radical (unpaired) electrons. The van der Waals surface area contributed by atoms with Gasteiger partial charge in [-0.05, 0) is 6.07 Å². The molecular formula is C11H15N5O. The van der Waals surface area contributed by atoms with Crippen molar-refractivity contribution in [3.05, 3.63) is 24.0 Å². The van der Waals surface area contributed by atoms with Crippen LogP contribution in [0.5, 0.6) is 0 Å². The van der Waals surface area contributed by atoms with Crippen LogP contribution in [0.2, 0.25) is 0 Å². The lowest BCUT2D eigenvalue weighted by molar-refractivity contribution is 0.181. The Bertz CT molecular complexity index is 508. The van der Waals surface area contributed by atoms with Gasteiger partial charge < -0.3 is 10.1 Å². The number of hydrogen-bond acceptors (Lipinski definition) is 5. The fourth-order valence-corrected chi connectivity index (χ4v) is 1.56. The number of ether oxygens (including phenoxy) is 1. The number of aryl methyl sites for hydroxylation is 1. The van der Waals surface area contributed by atoms with Crippen LogP contribution in [0.3, 0.4) is 0 Å². The molecule has 2 aromatic heterocycles. The van der Waals surface area contributed by atoms with Crippen LogP contribution in [0.4, 0.5) is 5.82 Å². The van der Waals surface area contributed by atoms with Crippen LogP contribution in [0.25, 0.3) is 11.5 Å². The molecule has 90 valence electrons. The van der Waals surface area contributed by atoms with Crippen molar-refractivity contribution < 1.29 is 4.74 Å². The van der Waals surface area contributed by atoms with E-state index in [1.54, 1.807) is 18.0 Å². The molecular weight excluding hydrogens is 218 g/mol. The van der Waals surface area contributed by atoms with Crippen molar-refractivity contribution in [3.63, 3.8) is 0 Å². The zero-order valence-corrected chi connectivity index (χ0v) is 10.1. The van der Waals surface area contributed by atoms with E-state index < -0.39 is 0 Å². The summed E-state index contributed by atoms with van der Waals surface area (Å²) in [4.78, 5) is 8.84. The van der Waals surface area contributed by atoms with Crippen molar-refractivity contribution in [2.45, 2.75) is 6.61 Å². The van der Waals surface area contributed by atoms with Crippen molar-refractivity contribution in [1.82, 2.24) is 19.7 Å². The van der Waals surface area contributed by atoms with Gasteiger partial charge >= 0.3 is 0 Å². The Balaban J connectivity index is 2.46. The molecule has 0 saturated heterocycles.